The smallest absolute Gasteiger partial charge is 0.00312 e. The number of allylic oxidation sites excluding steroid dienone is 5. The van der Waals surface area contributed by atoms with Crippen molar-refractivity contribution in [3.8, 4) is 0 Å². The number of hydrogen-bond acceptors (Lipinski definition) is 0. The third-order valence-corrected chi connectivity index (χ3v) is 4.67. The Labute approximate surface area is 192 Å². The van der Waals surface area contributed by atoms with Crippen molar-refractivity contribution >= 4 is 11.6 Å². The Hall–Kier alpha value is -2.86. The Morgan fingerprint density at radius 2 is 1.55 bits per heavy atom. The van der Waals surface area contributed by atoms with Crippen molar-refractivity contribution in [3.05, 3.63) is 119 Å². The van der Waals surface area contributed by atoms with Gasteiger partial charge < -0.3 is 0 Å². The van der Waals surface area contributed by atoms with E-state index in [9.17, 15) is 0 Å². The molecule has 0 nitrogen and oxygen atoms in total. The maximum Gasteiger partial charge on any atom is -0.00312 e. The number of benzene rings is 2. The fraction of sp³-hybridized carbons (Fsp3) is 0.290. The average molecular weight is 415 g/mol. The highest BCUT2D eigenvalue weighted by Crippen LogP contribution is 2.29. The molecule has 0 radical (unpaired) electrons. The van der Waals surface area contributed by atoms with Gasteiger partial charge in [-0.2, -0.15) is 0 Å². The largest absolute Gasteiger partial charge is 0.0991 e. The molecule has 0 bridgehead atoms. The van der Waals surface area contributed by atoms with E-state index >= 15 is 0 Å². The van der Waals surface area contributed by atoms with Gasteiger partial charge in [0, 0.05) is 0 Å². The fourth-order valence-electron chi connectivity index (χ4n) is 3.07. The standard InChI is InChI=1S/C27H30.2C2H6/c1-7-9-11-21(4)17-24-18-26(12-10-8-2)23(6)27(19-24)22(5)25-15-13-20(3)14-16-25;2*1-2/h7,9-16,18-19H,1,4-5,8,17H2,2-3,6H3;2*1-2H3/b11-9-,12-10-;;. The highest BCUT2D eigenvalue weighted by Gasteiger charge is 2.11. The fourth-order valence-corrected chi connectivity index (χ4v) is 3.07. The first-order valence-corrected chi connectivity index (χ1v) is 11.5. The van der Waals surface area contributed by atoms with Crippen molar-refractivity contribution in [2.24, 2.45) is 0 Å². The molecule has 0 aliphatic rings. The van der Waals surface area contributed by atoms with Crippen LogP contribution in [0.4, 0.5) is 0 Å². The van der Waals surface area contributed by atoms with Crippen molar-refractivity contribution in [1.29, 1.82) is 0 Å². The van der Waals surface area contributed by atoms with Crippen LogP contribution in [0.5, 0.6) is 0 Å². The topological polar surface area (TPSA) is 0 Å². The van der Waals surface area contributed by atoms with Crippen molar-refractivity contribution in [2.75, 3.05) is 0 Å². The molecule has 2 rings (SSSR count). The summed E-state index contributed by atoms with van der Waals surface area (Å²) >= 11 is 0. The molecule has 166 valence electrons. The van der Waals surface area contributed by atoms with E-state index in [0.717, 1.165) is 29.6 Å². The summed E-state index contributed by atoms with van der Waals surface area (Å²) in [6, 6.07) is 13.1. The second kappa shape index (κ2) is 15.9. The SMILES string of the molecule is C=C/C=C\C(=C)Cc1cc(/C=C\CC)c(C)c(C(=C)c2ccc(C)cc2)c1.CC.CC. The summed E-state index contributed by atoms with van der Waals surface area (Å²) in [5.74, 6) is 0. The van der Waals surface area contributed by atoms with E-state index in [1.807, 2.05) is 39.8 Å². The Morgan fingerprint density at radius 1 is 0.935 bits per heavy atom. The zero-order chi connectivity index (χ0) is 23.8. The minimum absolute atomic E-state index is 0.811. The summed E-state index contributed by atoms with van der Waals surface area (Å²) in [5.41, 5.74) is 9.51. The molecule has 0 aromatic heterocycles. The first kappa shape index (κ1) is 28.1. The first-order chi connectivity index (χ1) is 15.0. The molecule has 0 heteroatoms. The molecule has 2 aromatic rings. The van der Waals surface area contributed by atoms with E-state index in [4.69, 9.17) is 0 Å². The maximum absolute atomic E-state index is 4.40. The normalized spacial score (nSPS) is 10.2. The highest BCUT2D eigenvalue weighted by atomic mass is 14.2. The van der Waals surface area contributed by atoms with Crippen LogP contribution in [0, 0.1) is 13.8 Å². The molecule has 2 aromatic carbocycles. The molecule has 0 amide bonds. The van der Waals surface area contributed by atoms with Gasteiger partial charge in [0.2, 0.25) is 0 Å². The molecule has 0 unspecified atom stereocenters. The molecule has 0 N–H and O–H groups in total. The predicted molar refractivity (Wildman–Crippen MR) is 145 cm³/mol. The van der Waals surface area contributed by atoms with Crippen LogP contribution in [0.2, 0.25) is 0 Å². The van der Waals surface area contributed by atoms with Crippen LogP contribution in [-0.2, 0) is 6.42 Å². The lowest BCUT2D eigenvalue weighted by atomic mass is 9.89. The van der Waals surface area contributed by atoms with Crippen LogP contribution < -0.4 is 0 Å². The van der Waals surface area contributed by atoms with Gasteiger partial charge in [0.25, 0.3) is 0 Å². The second-order valence-electron chi connectivity index (χ2n) is 6.94. The summed E-state index contributed by atoms with van der Waals surface area (Å²) in [6.45, 7) is 26.7. The van der Waals surface area contributed by atoms with Crippen molar-refractivity contribution in [1.82, 2.24) is 0 Å². The van der Waals surface area contributed by atoms with Gasteiger partial charge in [-0.3, -0.25) is 0 Å². The molecular weight excluding hydrogens is 372 g/mol. The Morgan fingerprint density at radius 3 is 2.10 bits per heavy atom. The van der Waals surface area contributed by atoms with Crippen LogP contribution in [0.3, 0.4) is 0 Å². The summed E-state index contributed by atoms with van der Waals surface area (Å²) in [5, 5.41) is 0. The van der Waals surface area contributed by atoms with Crippen LogP contribution in [-0.4, -0.2) is 0 Å². The van der Waals surface area contributed by atoms with Crippen LogP contribution in [0.25, 0.3) is 11.6 Å². The molecule has 0 aliphatic carbocycles. The van der Waals surface area contributed by atoms with E-state index in [2.05, 4.69) is 89.1 Å². The number of aryl methyl sites for hydroxylation is 1. The average Bonchev–Trinajstić information content (AvgIpc) is 2.80. The van der Waals surface area contributed by atoms with E-state index in [1.54, 1.807) is 6.08 Å². The molecule has 0 fully saturated rings. The van der Waals surface area contributed by atoms with Crippen molar-refractivity contribution in [3.63, 3.8) is 0 Å². The number of hydrogen-bond donors (Lipinski definition) is 0. The molecule has 0 spiro atoms. The van der Waals surface area contributed by atoms with Crippen LogP contribution in [0.15, 0.2) is 86.0 Å². The van der Waals surface area contributed by atoms with Gasteiger partial charge in [-0.05, 0) is 60.1 Å². The Balaban J connectivity index is 0.00000212. The third kappa shape index (κ3) is 9.22. The third-order valence-electron chi connectivity index (χ3n) is 4.67. The van der Waals surface area contributed by atoms with Gasteiger partial charge in [-0.1, -0.05) is 132 Å². The van der Waals surface area contributed by atoms with Crippen molar-refractivity contribution < 1.29 is 0 Å². The monoisotopic (exact) mass is 414 g/mol. The first-order valence-electron chi connectivity index (χ1n) is 11.5. The highest BCUT2D eigenvalue weighted by molar-refractivity contribution is 5.82. The zero-order valence-electron chi connectivity index (χ0n) is 20.9. The lowest BCUT2D eigenvalue weighted by Gasteiger charge is -2.16. The molecule has 0 saturated carbocycles. The van der Waals surface area contributed by atoms with Gasteiger partial charge in [-0.15, -0.1) is 0 Å². The summed E-state index contributed by atoms with van der Waals surface area (Å²) < 4.78 is 0. The van der Waals surface area contributed by atoms with E-state index in [0.29, 0.717) is 0 Å². The molecule has 0 heterocycles. The minimum Gasteiger partial charge on any atom is -0.0991 e. The minimum atomic E-state index is 0.811. The molecule has 31 heavy (non-hydrogen) atoms. The summed E-state index contributed by atoms with van der Waals surface area (Å²) in [6.07, 6.45) is 12.0. The van der Waals surface area contributed by atoms with E-state index < -0.39 is 0 Å². The maximum atomic E-state index is 4.40. The zero-order valence-corrected chi connectivity index (χ0v) is 20.9. The number of rotatable bonds is 8. The molecular formula is C31H42. The van der Waals surface area contributed by atoms with Crippen LogP contribution >= 0.6 is 0 Å². The Kier molecular flexibility index (Phi) is 14.4. The van der Waals surface area contributed by atoms with Crippen LogP contribution in [0.1, 0.15) is 74.4 Å². The molecule has 0 aliphatic heterocycles. The van der Waals surface area contributed by atoms with Gasteiger partial charge in [0.05, 0.1) is 0 Å². The van der Waals surface area contributed by atoms with Gasteiger partial charge >= 0.3 is 0 Å². The predicted octanol–water partition coefficient (Wildman–Crippen LogP) is 9.68. The quantitative estimate of drug-likeness (QED) is 0.377. The lowest BCUT2D eigenvalue weighted by Crippen LogP contribution is -1.98. The Bertz CT molecular complexity index is 886. The van der Waals surface area contributed by atoms with Crippen molar-refractivity contribution in [2.45, 2.75) is 61.3 Å². The summed E-state index contributed by atoms with van der Waals surface area (Å²) in [4.78, 5) is 0. The van der Waals surface area contributed by atoms with E-state index in [-0.39, 0.29) is 0 Å². The van der Waals surface area contributed by atoms with E-state index in [1.165, 1.54) is 27.8 Å². The summed E-state index contributed by atoms with van der Waals surface area (Å²) in [7, 11) is 0. The van der Waals surface area contributed by atoms with Gasteiger partial charge in [-0.25, -0.2) is 0 Å². The molecule has 0 saturated heterocycles. The molecule has 0 atom stereocenters. The lowest BCUT2D eigenvalue weighted by molar-refractivity contribution is 1.18. The van der Waals surface area contributed by atoms with Gasteiger partial charge in [0.1, 0.15) is 0 Å². The van der Waals surface area contributed by atoms with Gasteiger partial charge in [0.15, 0.2) is 0 Å². The second-order valence-corrected chi connectivity index (χ2v) is 6.94.